The Bertz CT molecular complexity index is 2270. The third-order valence-corrected chi connectivity index (χ3v) is 7.89. The predicted octanol–water partition coefficient (Wildman–Crippen LogP) is 9.80. The quantitative estimate of drug-likeness (QED) is 0.165. The molecule has 8 aromatic rings. The maximum Gasteiger partial charge on any atom is 2.00 e. The molecule has 0 N–H and O–H groups in total. The molecule has 3 aromatic heterocycles. The van der Waals surface area contributed by atoms with Crippen LogP contribution in [-0.2, 0) is 21.1 Å². The topological polar surface area (TPSA) is 43.1 Å². The minimum absolute atomic E-state index is 0. The molecule has 0 saturated heterocycles. The molecule has 0 saturated carbocycles. The molecule has 212 valence electrons. The Balaban J connectivity index is 0.00000312. The number of aryl methyl sites for hydroxylation is 1. The van der Waals surface area contributed by atoms with E-state index in [9.17, 15) is 0 Å². The zero-order valence-electron chi connectivity index (χ0n) is 23.9. The molecule has 0 aliphatic rings. The number of nitrogens with zero attached hydrogens (tertiary/aromatic N) is 4. The Hall–Kier alpha value is -5.05. The number of rotatable bonds is 5. The van der Waals surface area contributed by atoms with Crippen molar-refractivity contribution in [3.8, 4) is 22.5 Å². The first-order chi connectivity index (χ1) is 21.2. The number of fused-ring (bicyclic) bond motifs is 4. The van der Waals surface area contributed by atoms with Crippen LogP contribution in [0, 0.1) is 13.0 Å². The van der Waals surface area contributed by atoms with E-state index in [0.717, 1.165) is 72.5 Å². The van der Waals surface area contributed by atoms with Gasteiger partial charge >= 0.3 is 21.1 Å². The minimum Gasteiger partial charge on any atom is -0.656 e. The average Bonchev–Trinajstić information content (AvgIpc) is 3.44. The molecule has 5 heteroatoms. The van der Waals surface area contributed by atoms with Gasteiger partial charge in [0.05, 0.1) is 11.4 Å². The molecule has 0 bridgehead atoms. The van der Waals surface area contributed by atoms with Gasteiger partial charge in [0.2, 0.25) is 0 Å². The van der Waals surface area contributed by atoms with Crippen LogP contribution in [0.3, 0.4) is 0 Å². The van der Waals surface area contributed by atoms with E-state index in [1.54, 1.807) is 0 Å². The smallest absolute Gasteiger partial charge is 0.656 e. The standard InChI is InChI=1S/C39H26N4.Pt/c1-26-23-35(41-36(24-26)33-18-10-17-32-31-16-4-5-19-34(31)42-39(32)33)28-13-8-14-29(25-28)43(38-21-6-7-22-40-38)37-20-9-12-27-11-2-3-15-30(27)37;/h2-24H,1H3;/q-2;+2. The van der Waals surface area contributed by atoms with Gasteiger partial charge in [-0.3, -0.25) is 4.98 Å². The van der Waals surface area contributed by atoms with Crippen LogP contribution in [0.25, 0.3) is 55.1 Å². The van der Waals surface area contributed by atoms with E-state index in [1.165, 1.54) is 5.39 Å². The summed E-state index contributed by atoms with van der Waals surface area (Å²) in [5.74, 6) is 0.825. The summed E-state index contributed by atoms with van der Waals surface area (Å²) in [6.45, 7) is 2.11. The normalized spacial score (nSPS) is 11.1. The van der Waals surface area contributed by atoms with Crippen molar-refractivity contribution in [2.45, 2.75) is 6.92 Å². The van der Waals surface area contributed by atoms with Crippen molar-refractivity contribution in [1.29, 1.82) is 0 Å². The molecule has 4 nitrogen and oxygen atoms in total. The minimum atomic E-state index is 0. The maximum atomic E-state index is 5.18. The Morgan fingerprint density at radius 2 is 1.39 bits per heavy atom. The van der Waals surface area contributed by atoms with Gasteiger partial charge in [0.1, 0.15) is 5.82 Å². The van der Waals surface area contributed by atoms with Crippen molar-refractivity contribution in [3.05, 3.63) is 151 Å². The van der Waals surface area contributed by atoms with Gasteiger partial charge in [-0.05, 0) is 64.3 Å². The van der Waals surface area contributed by atoms with Crippen LogP contribution in [0.2, 0.25) is 0 Å². The first-order valence-electron chi connectivity index (χ1n) is 14.4. The van der Waals surface area contributed by atoms with E-state index >= 15 is 0 Å². The summed E-state index contributed by atoms with van der Waals surface area (Å²) in [7, 11) is 0. The molecule has 8 rings (SSSR count). The van der Waals surface area contributed by atoms with Crippen LogP contribution in [0.1, 0.15) is 5.56 Å². The summed E-state index contributed by atoms with van der Waals surface area (Å²) in [4.78, 5) is 17.1. The SMILES string of the molecule is Cc1cc(-c2[c-]c(N(c3ccccn3)c3cccc4ccccc34)ccc2)nc(-c2cccc3c2[n-]c2ccccc23)c1.[Pt+2]. The molecule has 44 heavy (non-hydrogen) atoms. The Labute approximate surface area is 270 Å². The second kappa shape index (κ2) is 11.6. The summed E-state index contributed by atoms with van der Waals surface area (Å²) >= 11 is 0. The third-order valence-electron chi connectivity index (χ3n) is 7.89. The van der Waals surface area contributed by atoms with Gasteiger partial charge in [-0.15, -0.1) is 40.9 Å². The molecular weight excluding hydrogens is 720 g/mol. The molecule has 5 aromatic carbocycles. The van der Waals surface area contributed by atoms with Crippen LogP contribution in [0.15, 0.2) is 140 Å². The van der Waals surface area contributed by atoms with Crippen molar-refractivity contribution < 1.29 is 21.1 Å². The molecule has 0 unspecified atom stereocenters. The number of aromatic nitrogens is 3. The van der Waals surface area contributed by atoms with E-state index in [2.05, 4.69) is 127 Å². The number of hydrogen-bond donors (Lipinski definition) is 0. The summed E-state index contributed by atoms with van der Waals surface area (Å²) in [5, 5.41) is 4.63. The van der Waals surface area contributed by atoms with Crippen LogP contribution < -0.4 is 9.88 Å². The average molecular weight is 746 g/mol. The maximum absolute atomic E-state index is 5.18. The summed E-state index contributed by atoms with van der Waals surface area (Å²) in [6.07, 6.45) is 1.83. The monoisotopic (exact) mass is 745 g/mol. The number of benzene rings is 5. The number of pyridine rings is 2. The van der Waals surface area contributed by atoms with Crippen LogP contribution in [0.5, 0.6) is 0 Å². The fourth-order valence-electron chi connectivity index (χ4n) is 5.95. The van der Waals surface area contributed by atoms with Crippen LogP contribution in [-0.4, -0.2) is 9.97 Å². The predicted molar refractivity (Wildman–Crippen MR) is 177 cm³/mol. The Morgan fingerprint density at radius 1 is 0.659 bits per heavy atom. The Kier molecular flexibility index (Phi) is 7.29. The molecular formula is C39H26N4Pt. The third kappa shape index (κ3) is 4.88. The van der Waals surface area contributed by atoms with Crippen LogP contribution in [0.4, 0.5) is 17.2 Å². The van der Waals surface area contributed by atoms with E-state index in [1.807, 2.05) is 30.5 Å². The van der Waals surface area contributed by atoms with E-state index in [-0.39, 0.29) is 21.1 Å². The fourth-order valence-corrected chi connectivity index (χ4v) is 5.95. The molecule has 0 radical (unpaired) electrons. The fraction of sp³-hybridized carbons (Fsp3) is 0.0256. The van der Waals surface area contributed by atoms with Crippen LogP contribution >= 0.6 is 0 Å². The van der Waals surface area contributed by atoms with Crippen molar-refractivity contribution in [2.75, 3.05) is 4.90 Å². The molecule has 3 heterocycles. The first kappa shape index (κ1) is 27.8. The summed E-state index contributed by atoms with van der Waals surface area (Å²) < 4.78 is 0. The molecule has 0 spiro atoms. The first-order valence-corrected chi connectivity index (χ1v) is 14.4. The Morgan fingerprint density at radius 3 is 2.27 bits per heavy atom. The zero-order chi connectivity index (χ0) is 28.8. The van der Waals surface area contributed by atoms with Crippen molar-refractivity contribution >= 4 is 49.8 Å². The number of anilines is 3. The van der Waals surface area contributed by atoms with Gasteiger partial charge < -0.3 is 9.88 Å². The van der Waals surface area contributed by atoms with Gasteiger partial charge in [-0.1, -0.05) is 96.6 Å². The van der Waals surface area contributed by atoms with E-state index < -0.39 is 0 Å². The molecule has 0 aliphatic carbocycles. The van der Waals surface area contributed by atoms with Crippen molar-refractivity contribution in [1.82, 2.24) is 15.0 Å². The summed E-state index contributed by atoms with van der Waals surface area (Å²) in [5.41, 5.74) is 8.75. The van der Waals surface area contributed by atoms with Crippen molar-refractivity contribution in [3.63, 3.8) is 0 Å². The molecule has 0 aliphatic heterocycles. The second-order valence-electron chi connectivity index (χ2n) is 10.7. The second-order valence-corrected chi connectivity index (χ2v) is 10.7. The van der Waals surface area contributed by atoms with E-state index in [4.69, 9.17) is 15.0 Å². The number of hydrogen-bond acceptors (Lipinski definition) is 3. The molecule has 0 fully saturated rings. The van der Waals surface area contributed by atoms with Gasteiger partial charge in [-0.2, -0.15) is 0 Å². The van der Waals surface area contributed by atoms with Gasteiger partial charge in [0, 0.05) is 11.6 Å². The molecule has 0 amide bonds. The van der Waals surface area contributed by atoms with Gasteiger partial charge in [0.15, 0.2) is 0 Å². The van der Waals surface area contributed by atoms with Gasteiger partial charge in [0.25, 0.3) is 0 Å². The summed E-state index contributed by atoms with van der Waals surface area (Å²) in [6, 6.07) is 49.6. The molecule has 0 atom stereocenters. The van der Waals surface area contributed by atoms with E-state index in [0.29, 0.717) is 0 Å². The van der Waals surface area contributed by atoms with Crippen molar-refractivity contribution in [2.24, 2.45) is 0 Å². The van der Waals surface area contributed by atoms with Gasteiger partial charge in [-0.25, -0.2) is 4.98 Å². The number of para-hydroxylation sites is 2. The zero-order valence-corrected chi connectivity index (χ0v) is 26.2. The largest absolute Gasteiger partial charge is 2.00 e.